The van der Waals surface area contributed by atoms with E-state index in [4.69, 9.17) is 0 Å². The zero-order chi connectivity index (χ0) is 11.5. The van der Waals surface area contributed by atoms with E-state index >= 15 is 0 Å². The standard InChI is InChI=1S/C12H20N2OS/c1-8-9(2)16-12(14-8)7-13-6-10-3-4-11(15)5-10/h10-11,13,15H,3-7H2,1-2H3. The van der Waals surface area contributed by atoms with Gasteiger partial charge in [-0.25, -0.2) is 4.98 Å². The average Bonchev–Trinajstić information content (AvgIpc) is 2.75. The van der Waals surface area contributed by atoms with Crippen molar-refractivity contribution in [2.75, 3.05) is 6.54 Å². The molecule has 1 aliphatic rings. The van der Waals surface area contributed by atoms with E-state index in [2.05, 4.69) is 24.1 Å². The number of hydrogen-bond donors (Lipinski definition) is 2. The molecular weight excluding hydrogens is 220 g/mol. The summed E-state index contributed by atoms with van der Waals surface area (Å²) in [6.45, 7) is 6.05. The Morgan fingerprint density at radius 3 is 2.81 bits per heavy atom. The van der Waals surface area contributed by atoms with Crippen molar-refractivity contribution in [2.24, 2.45) is 5.92 Å². The zero-order valence-electron chi connectivity index (χ0n) is 9.99. The van der Waals surface area contributed by atoms with E-state index in [1.165, 1.54) is 9.88 Å². The van der Waals surface area contributed by atoms with Crippen molar-refractivity contribution in [3.8, 4) is 0 Å². The van der Waals surface area contributed by atoms with Crippen LogP contribution >= 0.6 is 11.3 Å². The zero-order valence-corrected chi connectivity index (χ0v) is 10.8. The monoisotopic (exact) mass is 240 g/mol. The van der Waals surface area contributed by atoms with Gasteiger partial charge in [-0.2, -0.15) is 0 Å². The molecule has 0 bridgehead atoms. The molecule has 3 nitrogen and oxygen atoms in total. The molecule has 2 unspecified atom stereocenters. The van der Waals surface area contributed by atoms with Crippen molar-refractivity contribution in [1.29, 1.82) is 0 Å². The molecule has 2 N–H and O–H groups in total. The Balaban J connectivity index is 1.72. The van der Waals surface area contributed by atoms with Crippen molar-refractivity contribution in [3.63, 3.8) is 0 Å². The van der Waals surface area contributed by atoms with Gasteiger partial charge in [0.15, 0.2) is 0 Å². The predicted molar refractivity (Wildman–Crippen MR) is 66.6 cm³/mol. The lowest BCUT2D eigenvalue weighted by Crippen LogP contribution is -2.21. The van der Waals surface area contributed by atoms with E-state index in [-0.39, 0.29) is 6.10 Å². The summed E-state index contributed by atoms with van der Waals surface area (Å²) in [5, 5.41) is 14.0. The Bertz CT molecular complexity index is 331. The highest BCUT2D eigenvalue weighted by atomic mass is 32.1. The van der Waals surface area contributed by atoms with Gasteiger partial charge in [0, 0.05) is 11.4 Å². The van der Waals surface area contributed by atoms with E-state index in [0.29, 0.717) is 5.92 Å². The molecule has 0 aliphatic heterocycles. The van der Waals surface area contributed by atoms with Gasteiger partial charge in [0.2, 0.25) is 0 Å². The molecular formula is C12H20N2OS. The van der Waals surface area contributed by atoms with Crippen LogP contribution < -0.4 is 5.32 Å². The summed E-state index contributed by atoms with van der Waals surface area (Å²) in [5.41, 5.74) is 1.15. The van der Waals surface area contributed by atoms with Gasteiger partial charge in [0.25, 0.3) is 0 Å². The van der Waals surface area contributed by atoms with Crippen LogP contribution in [0.4, 0.5) is 0 Å². The summed E-state index contributed by atoms with van der Waals surface area (Å²) >= 11 is 1.77. The molecule has 0 amide bonds. The van der Waals surface area contributed by atoms with E-state index in [1.54, 1.807) is 11.3 Å². The van der Waals surface area contributed by atoms with Crippen LogP contribution in [0.25, 0.3) is 0 Å². The highest BCUT2D eigenvalue weighted by Gasteiger charge is 2.22. The molecule has 1 aromatic heterocycles. The van der Waals surface area contributed by atoms with Crippen molar-refractivity contribution in [1.82, 2.24) is 10.3 Å². The van der Waals surface area contributed by atoms with E-state index in [0.717, 1.165) is 38.0 Å². The maximum Gasteiger partial charge on any atom is 0.107 e. The summed E-state index contributed by atoms with van der Waals surface area (Å²) in [6, 6.07) is 0. The Hall–Kier alpha value is -0.450. The lowest BCUT2D eigenvalue weighted by Gasteiger charge is -2.09. The number of nitrogens with zero attached hydrogens (tertiary/aromatic N) is 1. The quantitative estimate of drug-likeness (QED) is 0.846. The number of aliphatic hydroxyl groups excluding tert-OH is 1. The van der Waals surface area contributed by atoms with Crippen molar-refractivity contribution in [2.45, 2.75) is 45.8 Å². The van der Waals surface area contributed by atoms with Gasteiger partial charge in [0.1, 0.15) is 5.01 Å². The minimum Gasteiger partial charge on any atom is -0.393 e. The molecule has 2 atom stereocenters. The van der Waals surface area contributed by atoms with Crippen LogP contribution in [-0.2, 0) is 6.54 Å². The van der Waals surface area contributed by atoms with Gasteiger partial charge in [-0.15, -0.1) is 11.3 Å². The van der Waals surface area contributed by atoms with Crippen molar-refractivity contribution < 1.29 is 5.11 Å². The van der Waals surface area contributed by atoms with Crippen LogP contribution in [-0.4, -0.2) is 22.7 Å². The van der Waals surface area contributed by atoms with Crippen LogP contribution in [0.2, 0.25) is 0 Å². The SMILES string of the molecule is Cc1nc(CNCC2CCC(O)C2)sc1C. The van der Waals surface area contributed by atoms with Crippen LogP contribution in [0, 0.1) is 19.8 Å². The molecule has 0 aromatic carbocycles. The van der Waals surface area contributed by atoms with Gasteiger partial charge >= 0.3 is 0 Å². The fraction of sp³-hybridized carbons (Fsp3) is 0.750. The van der Waals surface area contributed by atoms with E-state index in [9.17, 15) is 5.11 Å². The Morgan fingerprint density at radius 1 is 1.44 bits per heavy atom. The number of aromatic nitrogens is 1. The van der Waals surface area contributed by atoms with Crippen LogP contribution in [0.3, 0.4) is 0 Å². The average molecular weight is 240 g/mol. The fourth-order valence-electron chi connectivity index (χ4n) is 2.23. The Kier molecular flexibility index (Phi) is 3.95. The Labute approximate surface area is 101 Å². The topological polar surface area (TPSA) is 45.2 Å². The summed E-state index contributed by atoms with van der Waals surface area (Å²) < 4.78 is 0. The number of aliphatic hydroxyl groups is 1. The lowest BCUT2D eigenvalue weighted by atomic mass is 10.1. The number of nitrogens with one attached hydrogen (secondary N) is 1. The number of aryl methyl sites for hydroxylation is 2. The van der Waals surface area contributed by atoms with Gasteiger partial charge in [-0.3, -0.25) is 0 Å². The third kappa shape index (κ3) is 3.03. The highest BCUT2D eigenvalue weighted by molar-refractivity contribution is 7.11. The van der Waals surface area contributed by atoms with Crippen LogP contribution in [0.15, 0.2) is 0 Å². The molecule has 1 saturated carbocycles. The smallest absolute Gasteiger partial charge is 0.107 e. The molecule has 90 valence electrons. The normalized spacial score (nSPS) is 25.2. The van der Waals surface area contributed by atoms with E-state index < -0.39 is 0 Å². The molecule has 0 saturated heterocycles. The molecule has 1 fully saturated rings. The molecule has 0 spiro atoms. The molecule has 1 aliphatic carbocycles. The first-order valence-electron chi connectivity index (χ1n) is 5.97. The summed E-state index contributed by atoms with van der Waals surface area (Å²) in [7, 11) is 0. The minimum absolute atomic E-state index is 0.0591. The molecule has 2 rings (SSSR count). The minimum atomic E-state index is -0.0591. The van der Waals surface area contributed by atoms with Gasteiger partial charge in [0.05, 0.1) is 11.8 Å². The van der Waals surface area contributed by atoms with Gasteiger partial charge < -0.3 is 10.4 Å². The maximum atomic E-state index is 9.42. The first-order chi connectivity index (χ1) is 7.65. The summed E-state index contributed by atoms with van der Waals surface area (Å²) in [4.78, 5) is 5.81. The predicted octanol–water partition coefficient (Wildman–Crippen LogP) is 2.01. The molecule has 4 heteroatoms. The molecule has 1 aromatic rings. The van der Waals surface area contributed by atoms with Gasteiger partial charge in [-0.05, 0) is 45.6 Å². The lowest BCUT2D eigenvalue weighted by molar-refractivity contribution is 0.177. The first-order valence-corrected chi connectivity index (χ1v) is 6.78. The van der Waals surface area contributed by atoms with Crippen molar-refractivity contribution >= 4 is 11.3 Å². The second kappa shape index (κ2) is 5.25. The number of hydrogen-bond acceptors (Lipinski definition) is 4. The molecule has 0 radical (unpaired) electrons. The second-order valence-electron chi connectivity index (χ2n) is 4.71. The maximum absolute atomic E-state index is 9.42. The largest absolute Gasteiger partial charge is 0.393 e. The fourth-order valence-corrected chi connectivity index (χ4v) is 3.14. The van der Waals surface area contributed by atoms with Crippen LogP contribution in [0.1, 0.15) is 34.8 Å². The summed E-state index contributed by atoms with van der Waals surface area (Å²) in [5.74, 6) is 0.650. The summed E-state index contributed by atoms with van der Waals surface area (Å²) in [6.07, 6.45) is 3.03. The third-order valence-corrected chi connectivity index (χ3v) is 4.37. The number of rotatable bonds is 4. The Morgan fingerprint density at radius 2 is 2.25 bits per heavy atom. The highest BCUT2D eigenvalue weighted by Crippen LogP contribution is 2.24. The van der Waals surface area contributed by atoms with E-state index in [1.807, 2.05) is 0 Å². The van der Waals surface area contributed by atoms with Crippen LogP contribution in [0.5, 0.6) is 0 Å². The first kappa shape index (κ1) is 12.0. The second-order valence-corrected chi connectivity index (χ2v) is 6.00. The van der Waals surface area contributed by atoms with Gasteiger partial charge in [-0.1, -0.05) is 0 Å². The number of thiazole rings is 1. The molecule has 16 heavy (non-hydrogen) atoms. The molecule has 1 heterocycles. The van der Waals surface area contributed by atoms with Crippen molar-refractivity contribution in [3.05, 3.63) is 15.6 Å². The third-order valence-electron chi connectivity index (χ3n) is 3.30.